The second-order valence-corrected chi connectivity index (χ2v) is 8.26. The van der Waals surface area contributed by atoms with Gasteiger partial charge in [0.2, 0.25) is 0 Å². The van der Waals surface area contributed by atoms with Crippen molar-refractivity contribution in [3.63, 3.8) is 0 Å². The molecule has 114 valence electrons. The lowest BCUT2D eigenvalue weighted by Crippen LogP contribution is -2.55. The van der Waals surface area contributed by atoms with Crippen molar-refractivity contribution in [2.45, 2.75) is 65.5 Å². The summed E-state index contributed by atoms with van der Waals surface area (Å²) in [7, 11) is 0. The van der Waals surface area contributed by atoms with Crippen LogP contribution in [0, 0.1) is 23.2 Å². The summed E-state index contributed by atoms with van der Waals surface area (Å²) in [5.74, 6) is 1.09. The number of amides is 1. The van der Waals surface area contributed by atoms with E-state index in [1.165, 1.54) is 0 Å². The SMILES string of the molecule is CC(C)(C)OC(=O)N[C@@]1(C)C[C@H]2C(C[C@H]1C=O)C2(C)C. The largest absolute Gasteiger partial charge is 0.444 e. The molecule has 0 aliphatic heterocycles. The molecule has 0 aromatic carbocycles. The van der Waals surface area contributed by atoms with Crippen LogP contribution in [0.25, 0.3) is 0 Å². The summed E-state index contributed by atoms with van der Waals surface area (Å²) >= 11 is 0. The Morgan fingerprint density at radius 2 is 1.85 bits per heavy atom. The fraction of sp³-hybridized carbons (Fsp3) is 0.875. The molecule has 2 fully saturated rings. The summed E-state index contributed by atoms with van der Waals surface area (Å²) in [5.41, 5.74) is -0.708. The first-order valence-electron chi connectivity index (χ1n) is 7.46. The molecule has 1 unspecified atom stereocenters. The second kappa shape index (κ2) is 4.47. The zero-order chi connectivity index (χ0) is 15.3. The van der Waals surface area contributed by atoms with Gasteiger partial charge in [-0.05, 0) is 57.8 Å². The van der Waals surface area contributed by atoms with Crippen LogP contribution in [0.5, 0.6) is 0 Å². The minimum Gasteiger partial charge on any atom is -0.444 e. The van der Waals surface area contributed by atoms with Gasteiger partial charge in [-0.25, -0.2) is 4.79 Å². The van der Waals surface area contributed by atoms with Gasteiger partial charge in [0.1, 0.15) is 11.9 Å². The quantitative estimate of drug-likeness (QED) is 0.791. The molecule has 2 aliphatic rings. The molecule has 4 nitrogen and oxygen atoms in total. The van der Waals surface area contributed by atoms with Gasteiger partial charge in [0.05, 0.1) is 5.54 Å². The summed E-state index contributed by atoms with van der Waals surface area (Å²) in [6.07, 6.45) is 2.30. The monoisotopic (exact) mass is 281 g/mol. The fourth-order valence-corrected chi connectivity index (χ4v) is 3.76. The van der Waals surface area contributed by atoms with Crippen molar-refractivity contribution in [1.82, 2.24) is 5.32 Å². The van der Waals surface area contributed by atoms with Gasteiger partial charge in [-0.3, -0.25) is 0 Å². The van der Waals surface area contributed by atoms with E-state index < -0.39 is 17.2 Å². The smallest absolute Gasteiger partial charge is 0.408 e. The van der Waals surface area contributed by atoms with Crippen molar-refractivity contribution in [1.29, 1.82) is 0 Å². The van der Waals surface area contributed by atoms with Gasteiger partial charge in [0.15, 0.2) is 0 Å². The molecule has 2 aliphatic carbocycles. The second-order valence-electron chi connectivity index (χ2n) is 8.26. The van der Waals surface area contributed by atoms with E-state index in [4.69, 9.17) is 4.74 Å². The topological polar surface area (TPSA) is 55.4 Å². The first kappa shape index (κ1) is 15.3. The number of ether oxygens (including phenoxy) is 1. The van der Waals surface area contributed by atoms with E-state index in [9.17, 15) is 9.59 Å². The predicted octanol–water partition coefficient (Wildman–Crippen LogP) is 3.15. The molecule has 1 N–H and O–H groups in total. The molecule has 0 spiro atoms. The standard InChI is InChI=1S/C16H27NO3/c1-14(2,3)20-13(19)17-16(6)8-12-11(15(12,4)5)7-10(16)9-18/h9-12H,7-8H2,1-6H3,(H,17,19)/t10-,11?,12-,16-/m0/s1. The van der Waals surface area contributed by atoms with Gasteiger partial charge in [0, 0.05) is 5.92 Å². The number of carbonyl (C=O) groups excluding carboxylic acids is 2. The molecule has 20 heavy (non-hydrogen) atoms. The Morgan fingerprint density at radius 1 is 1.25 bits per heavy atom. The molecule has 0 radical (unpaired) electrons. The number of carbonyl (C=O) groups is 2. The lowest BCUT2D eigenvalue weighted by atomic mass is 9.75. The van der Waals surface area contributed by atoms with E-state index in [1.54, 1.807) is 0 Å². The van der Waals surface area contributed by atoms with Gasteiger partial charge >= 0.3 is 6.09 Å². The molecular formula is C16H27NO3. The molecule has 4 heteroatoms. The van der Waals surface area contributed by atoms with Crippen molar-refractivity contribution in [3.05, 3.63) is 0 Å². The molecule has 2 rings (SSSR count). The minimum atomic E-state index is -0.521. The highest BCUT2D eigenvalue weighted by atomic mass is 16.6. The average molecular weight is 281 g/mol. The molecule has 0 bridgehead atoms. The van der Waals surface area contributed by atoms with Crippen molar-refractivity contribution in [2.24, 2.45) is 23.2 Å². The number of rotatable bonds is 2. The van der Waals surface area contributed by atoms with Crippen LogP contribution in [0.4, 0.5) is 4.79 Å². The maximum Gasteiger partial charge on any atom is 0.408 e. The first-order chi connectivity index (χ1) is 8.99. The summed E-state index contributed by atoms with van der Waals surface area (Å²) in [6.45, 7) is 12.0. The Morgan fingerprint density at radius 3 is 2.35 bits per heavy atom. The normalized spacial score (nSPS) is 38.6. The molecule has 0 saturated heterocycles. The van der Waals surface area contributed by atoms with Crippen molar-refractivity contribution < 1.29 is 14.3 Å². The maximum absolute atomic E-state index is 12.0. The molecule has 2 saturated carbocycles. The van der Waals surface area contributed by atoms with E-state index in [0.717, 1.165) is 19.1 Å². The van der Waals surface area contributed by atoms with Crippen molar-refractivity contribution in [2.75, 3.05) is 0 Å². The zero-order valence-electron chi connectivity index (χ0n) is 13.4. The number of alkyl carbamates (subject to hydrolysis) is 1. The van der Waals surface area contributed by atoms with Crippen LogP contribution in [0.2, 0.25) is 0 Å². The number of aldehydes is 1. The summed E-state index contributed by atoms with van der Waals surface area (Å²) in [6, 6.07) is 0. The van der Waals surface area contributed by atoms with Crippen LogP contribution in [0.1, 0.15) is 54.4 Å². The number of hydrogen-bond acceptors (Lipinski definition) is 3. The third kappa shape index (κ3) is 2.70. The van der Waals surface area contributed by atoms with Crippen molar-refractivity contribution in [3.8, 4) is 0 Å². The number of nitrogens with one attached hydrogen (secondary N) is 1. The van der Waals surface area contributed by atoms with E-state index in [-0.39, 0.29) is 5.92 Å². The molecule has 0 aromatic heterocycles. The number of fused-ring (bicyclic) bond motifs is 1. The Labute approximate surface area is 121 Å². The van der Waals surface area contributed by atoms with Crippen molar-refractivity contribution >= 4 is 12.4 Å². The first-order valence-corrected chi connectivity index (χ1v) is 7.46. The highest BCUT2D eigenvalue weighted by Gasteiger charge is 2.64. The average Bonchev–Trinajstić information content (AvgIpc) is 2.74. The third-order valence-corrected chi connectivity index (χ3v) is 5.21. The van der Waals surface area contributed by atoms with Crippen LogP contribution < -0.4 is 5.32 Å². The zero-order valence-corrected chi connectivity index (χ0v) is 13.4. The lowest BCUT2D eigenvalue weighted by Gasteiger charge is -2.39. The highest BCUT2D eigenvalue weighted by Crippen LogP contribution is 2.67. The van der Waals surface area contributed by atoms with E-state index >= 15 is 0 Å². The molecule has 0 heterocycles. The maximum atomic E-state index is 12.0. The molecule has 4 atom stereocenters. The summed E-state index contributed by atoms with van der Waals surface area (Å²) in [5, 5.41) is 2.96. The molecular weight excluding hydrogens is 254 g/mol. The van der Waals surface area contributed by atoms with Crippen LogP contribution in [-0.2, 0) is 9.53 Å². The van der Waals surface area contributed by atoms with Crippen LogP contribution in [-0.4, -0.2) is 23.5 Å². The molecule has 0 aromatic rings. The van der Waals surface area contributed by atoms with E-state index in [1.807, 2.05) is 27.7 Å². The Hall–Kier alpha value is -1.06. The van der Waals surface area contributed by atoms with Gasteiger partial charge in [0.25, 0.3) is 0 Å². The van der Waals surface area contributed by atoms with Gasteiger partial charge in [-0.15, -0.1) is 0 Å². The Balaban J connectivity index is 2.08. The van der Waals surface area contributed by atoms with Gasteiger partial charge < -0.3 is 14.8 Å². The summed E-state index contributed by atoms with van der Waals surface area (Å²) < 4.78 is 5.33. The lowest BCUT2D eigenvalue weighted by molar-refractivity contribution is -0.114. The van der Waals surface area contributed by atoms with Crippen LogP contribution in [0.3, 0.4) is 0 Å². The van der Waals surface area contributed by atoms with Gasteiger partial charge in [-0.1, -0.05) is 13.8 Å². The Kier molecular flexibility index (Phi) is 3.43. The highest BCUT2D eigenvalue weighted by molar-refractivity contribution is 5.70. The molecule has 1 amide bonds. The Bertz CT molecular complexity index is 424. The third-order valence-electron chi connectivity index (χ3n) is 5.21. The minimum absolute atomic E-state index is 0.127. The van der Waals surface area contributed by atoms with Crippen LogP contribution >= 0.6 is 0 Å². The fourth-order valence-electron chi connectivity index (χ4n) is 3.76. The van der Waals surface area contributed by atoms with E-state index in [0.29, 0.717) is 17.3 Å². The van der Waals surface area contributed by atoms with Gasteiger partial charge in [-0.2, -0.15) is 0 Å². The van der Waals surface area contributed by atoms with E-state index in [2.05, 4.69) is 19.2 Å². The number of hydrogen-bond donors (Lipinski definition) is 1. The van der Waals surface area contributed by atoms with Crippen LogP contribution in [0.15, 0.2) is 0 Å². The predicted molar refractivity (Wildman–Crippen MR) is 77.3 cm³/mol. The summed E-state index contributed by atoms with van der Waals surface area (Å²) in [4.78, 5) is 23.5.